The summed E-state index contributed by atoms with van der Waals surface area (Å²) in [7, 11) is -3.68. The van der Waals surface area contributed by atoms with Crippen LogP contribution in [-0.2, 0) is 15.5 Å². The summed E-state index contributed by atoms with van der Waals surface area (Å²) in [5, 5.41) is 6.06. The Morgan fingerprint density at radius 3 is 2.30 bits per heavy atom. The second-order valence-corrected chi connectivity index (χ2v) is 25.0. The Kier molecular flexibility index (Phi) is 8.80. The second kappa shape index (κ2) is 11.9. The molecule has 1 atom stereocenters. The van der Waals surface area contributed by atoms with Crippen LogP contribution < -0.4 is 5.73 Å². The number of hydrogen-bond donors (Lipinski definition) is 1. The summed E-state index contributed by atoms with van der Waals surface area (Å²) in [6.07, 6.45) is 7.71. The minimum Gasteiger partial charge on any atom is -0.414 e. The van der Waals surface area contributed by atoms with Crippen molar-refractivity contribution in [1.82, 2.24) is 24.7 Å². The van der Waals surface area contributed by atoms with Gasteiger partial charge >= 0.3 is 0 Å². The van der Waals surface area contributed by atoms with Gasteiger partial charge in [0.05, 0.1) is 53.8 Å². The average molecular weight is 631 g/mol. The first kappa shape index (κ1) is 32.6. The Morgan fingerprint density at radius 2 is 1.61 bits per heavy atom. The molecule has 0 bridgehead atoms. The largest absolute Gasteiger partial charge is 0.414 e. The van der Waals surface area contributed by atoms with E-state index in [1.165, 1.54) is 0 Å². The van der Waals surface area contributed by atoms with Gasteiger partial charge in [0, 0.05) is 17.1 Å². The molecule has 236 valence electrons. The van der Waals surface area contributed by atoms with Crippen molar-refractivity contribution in [2.24, 2.45) is 11.7 Å². The summed E-state index contributed by atoms with van der Waals surface area (Å²) >= 11 is 0. The predicted octanol–water partition coefficient (Wildman–Crippen LogP) is 8.20. The monoisotopic (exact) mass is 630 g/mol. The Bertz CT molecular complexity index is 1620. The molecule has 1 saturated carbocycles. The quantitative estimate of drug-likeness (QED) is 0.186. The number of nitrogens with two attached hydrogens (primary N) is 1. The SMILES string of the molecule is CC(C)(C)[Si](C)(C)OCc1cccc(-n2ncc3ccc(-c4cncc([C@@H](N)C5CC(O[Si](C)(C)C(C)(C)C)C5)n4)cc32)n1. The highest BCUT2D eigenvalue weighted by Crippen LogP contribution is 2.44. The molecule has 1 aliphatic rings. The molecule has 0 saturated heterocycles. The summed E-state index contributed by atoms with van der Waals surface area (Å²) in [4.78, 5) is 14.4. The highest BCUT2D eigenvalue weighted by atomic mass is 28.4. The van der Waals surface area contributed by atoms with Crippen molar-refractivity contribution >= 4 is 27.5 Å². The van der Waals surface area contributed by atoms with Crippen LogP contribution in [0.15, 0.2) is 55.0 Å². The molecule has 10 heteroatoms. The summed E-state index contributed by atoms with van der Waals surface area (Å²) in [6, 6.07) is 12.1. The summed E-state index contributed by atoms with van der Waals surface area (Å²) < 4.78 is 14.9. The zero-order valence-electron chi connectivity index (χ0n) is 28.2. The van der Waals surface area contributed by atoms with Crippen molar-refractivity contribution in [3.63, 3.8) is 0 Å². The maximum atomic E-state index is 6.75. The Morgan fingerprint density at radius 1 is 0.909 bits per heavy atom. The normalized spacial score (nSPS) is 18.8. The fourth-order valence-corrected chi connectivity index (χ4v) is 7.33. The third kappa shape index (κ3) is 6.74. The highest BCUT2D eigenvalue weighted by Gasteiger charge is 2.44. The van der Waals surface area contributed by atoms with Crippen molar-refractivity contribution in [3.05, 3.63) is 66.4 Å². The van der Waals surface area contributed by atoms with E-state index in [2.05, 4.69) is 96.0 Å². The van der Waals surface area contributed by atoms with Crippen LogP contribution in [0.1, 0.15) is 71.8 Å². The first-order valence-corrected chi connectivity index (χ1v) is 21.6. The van der Waals surface area contributed by atoms with Gasteiger partial charge in [-0.25, -0.2) is 14.6 Å². The molecule has 3 heterocycles. The number of aromatic nitrogens is 5. The van der Waals surface area contributed by atoms with E-state index >= 15 is 0 Å². The third-order valence-corrected chi connectivity index (χ3v) is 19.2. The minimum absolute atomic E-state index is 0.142. The van der Waals surface area contributed by atoms with Gasteiger partial charge in [0.1, 0.15) is 0 Å². The van der Waals surface area contributed by atoms with Gasteiger partial charge in [-0.1, -0.05) is 59.7 Å². The number of rotatable bonds is 9. The number of pyridine rings is 1. The zero-order valence-corrected chi connectivity index (χ0v) is 30.2. The van der Waals surface area contributed by atoms with Crippen molar-refractivity contribution in [2.75, 3.05) is 0 Å². The maximum absolute atomic E-state index is 6.75. The van der Waals surface area contributed by atoms with E-state index in [1.807, 2.05) is 29.1 Å². The number of fused-ring (bicyclic) bond motifs is 1. The van der Waals surface area contributed by atoms with E-state index in [-0.39, 0.29) is 22.2 Å². The average Bonchev–Trinajstić information content (AvgIpc) is 3.36. The van der Waals surface area contributed by atoms with Crippen LogP contribution in [0.5, 0.6) is 0 Å². The maximum Gasteiger partial charge on any atom is 0.192 e. The van der Waals surface area contributed by atoms with Crippen molar-refractivity contribution in [2.45, 2.75) is 109 Å². The lowest BCUT2D eigenvalue weighted by Crippen LogP contribution is -2.49. The molecule has 4 aromatic rings. The van der Waals surface area contributed by atoms with E-state index in [4.69, 9.17) is 24.6 Å². The number of benzene rings is 1. The molecule has 0 unspecified atom stereocenters. The van der Waals surface area contributed by atoms with Crippen LogP contribution in [0.25, 0.3) is 28.0 Å². The highest BCUT2D eigenvalue weighted by molar-refractivity contribution is 6.74. The van der Waals surface area contributed by atoms with E-state index in [1.54, 1.807) is 12.4 Å². The van der Waals surface area contributed by atoms with Gasteiger partial charge in [-0.2, -0.15) is 5.10 Å². The fourth-order valence-electron chi connectivity index (χ4n) is 5.01. The number of nitrogens with zero attached hydrogens (tertiary/aromatic N) is 5. The first-order chi connectivity index (χ1) is 20.4. The zero-order chi connectivity index (χ0) is 32.1. The summed E-state index contributed by atoms with van der Waals surface area (Å²) in [5.41, 5.74) is 11.2. The van der Waals surface area contributed by atoms with Crippen LogP contribution in [0, 0.1) is 5.92 Å². The number of hydrogen-bond acceptors (Lipinski definition) is 7. The molecule has 8 nitrogen and oxygen atoms in total. The van der Waals surface area contributed by atoms with Gasteiger partial charge in [0.25, 0.3) is 0 Å². The van der Waals surface area contributed by atoms with Gasteiger partial charge in [-0.15, -0.1) is 0 Å². The van der Waals surface area contributed by atoms with Crippen LogP contribution >= 0.6 is 0 Å². The second-order valence-electron chi connectivity index (χ2n) is 15.5. The summed E-state index contributed by atoms with van der Waals surface area (Å²) in [6.45, 7) is 23.2. The van der Waals surface area contributed by atoms with Crippen molar-refractivity contribution in [1.29, 1.82) is 0 Å². The van der Waals surface area contributed by atoms with E-state index in [9.17, 15) is 0 Å². The van der Waals surface area contributed by atoms with Crippen molar-refractivity contribution in [3.8, 4) is 17.1 Å². The molecule has 3 aromatic heterocycles. The van der Waals surface area contributed by atoms with Crippen molar-refractivity contribution < 1.29 is 8.85 Å². The standard InChI is InChI=1S/C34H50N6O2Si2/c1-33(2,3)43(7,8)41-22-26-12-11-13-31(38-26)40-30-18-23(14-15-24(30)19-37-40)28-20-36-21-29(39-28)32(35)25-16-27(17-25)42-44(9,10)34(4,5)6/h11-15,18-21,25,27,32H,16-17,22,35H2,1-10H3/t25?,27?,32-/m0/s1. The van der Waals surface area contributed by atoms with Gasteiger partial charge < -0.3 is 14.6 Å². The fraction of sp³-hybridized carbons (Fsp3) is 0.529. The molecular formula is C34H50N6O2Si2. The van der Waals surface area contributed by atoms with Gasteiger partial charge in [0.15, 0.2) is 22.5 Å². The smallest absolute Gasteiger partial charge is 0.192 e. The Hall–Kier alpha value is -2.77. The van der Waals surface area contributed by atoms with Crippen LogP contribution in [0.4, 0.5) is 0 Å². The van der Waals surface area contributed by atoms with E-state index in [0.717, 1.165) is 52.2 Å². The third-order valence-electron chi connectivity index (χ3n) is 10.2. The molecule has 1 fully saturated rings. The molecule has 5 rings (SSSR count). The lowest BCUT2D eigenvalue weighted by atomic mass is 9.76. The first-order valence-electron chi connectivity index (χ1n) is 15.8. The molecule has 2 N–H and O–H groups in total. The minimum atomic E-state index is -1.89. The lowest BCUT2D eigenvalue weighted by molar-refractivity contribution is 0.0395. The van der Waals surface area contributed by atoms with E-state index < -0.39 is 16.6 Å². The predicted molar refractivity (Wildman–Crippen MR) is 184 cm³/mol. The van der Waals surface area contributed by atoms with Crippen LogP contribution in [-0.4, -0.2) is 47.5 Å². The molecule has 44 heavy (non-hydrogen) atoms. The summed E-state index contributed by atoms with van der Waals surface area (Å²) in [5.74, 6) is 1.10. The van der Waals surface area contributed by atoms with Crippen LogP contribution in [0.3, 0.4) is 0 Å². The Labute approximate surface area is 265 Å². The van der Waals surface area contributed by atoms with Gasteiger partial charge in [-0.05, 0) is 73.2 Å². The molecule has 0 aliphatic heterocycles. The molecule has 0 amide bonds. The lowest BCUT2D eigenvalue weighted by Gasteiger charge is -2.46. The van der Waals surface area contributed by atoms with Gasteiger partial charge in [0.2, 0.25) is 0 Å². The van der Waals surface area contributed by atoms with Gasteiger partial charge in [-0.3, -0.25) is 4.98 Å². The molecular weight excluding hydrogens is 581 g/mol. The molecule has 1 aromatic carbocycles. The molecule has 1 aliphatic carbocycles. The van der Waals surface area contributed by atoms with Crippen LogP contribution in [0.2, 0.25) is 36.3 Å². The Balaban J connectivity index is 1.32. The van der Waals surface area contributed by atoms with E-state index in [0.29, 0.717) is 12.5 Å². The molecule has 0 radical (unpaired) electrons. The molecule has 0 spiro atoms. The topological polar surface area (TPSA) is 101 Å².